The van der Waals surface area contributed by atoms with Crippen LogP contribution >= 0.6 is 11.3 Å². The Morgan fingerprint density at radius 3 is 2.79 bits per heavy atom. The maximum atomic E-state index is 12.3. The van der Waals surface area contributed by atoms with Gasteiger partial charge in [0.2, 0.25) is 0 Å². The monoisotopic (exact) mass is 288 g/mol. The molecule has 2 aromatic heterocycles. The van der Waals surface area contributed by atoms with Crippen LogP contribution < -0.4 is 0 Å². The van der Waals surface area contributed by atoms with Crippen molar-refractivity contribution in [2.45, 2.75) is 12.8 Å². The van der Waals surface area contributed by atoms with Gasteiger partial charge in [0.05, 0.1) is 5.56 Å². The lowest BCUT2D eigenvalue weighted by molar-refractivity contribution is -0.140. The zero-order chi connectivity index (χ0) is 13.9. The fourth-order valence-corrected chi connectivity index (χ4v) is 1.91. The molecule has 0 spiro atoms. The summed E-state index contributed by atoms with van der Waals surface area (Å²) < 4.78 is 41.7. The lowest BCUT2D eigenvalue weighted by atomic mass is 10.3. The molecule has 0 aliphatic heterocycles. The van der Waals surface area contributed by atoms with Crippen LogP contribution in [0.5, 0.6) is 0 Å². The lowest BCUT2D eigenvalue weighted by Crippen LogP contribution is -2.07. The van der Waals surface area contributed by atoms with Gasteiger partial charge in [0.15, 0.2) is 5.69 Å². The third kappa shape index (κ3) is 3.50. The number of halogens is 3. The molecule has 0 radical (unpaired) electrons. The molecule has 0 aliphatic carbocycles. The smallest absolute Gasteiger partial charge is 0.434 e. The molecule has 0 aliphatic rings. The summed E-state index contributed by atoms with van der Waals surface area (Å²) in [5, 5.41) is 0.970. The molecule has 0 atom stereocenters. The zero-order valence-corrected chi connectivity index (χ0v) is 10.2. The summed E-state index contributed by atoms with van der Waals surface area (Å²) in [6, 6.07) is 3.06. The Balaban J connectivity index is 1.96. The van der Waals surface area contributed by atoms with E-state index in [9.17, 15) is 18.0 Å². The summed E-state index contributed by atoms with van der Waals surface area (Å²) in [5.74, 6) is -0.656. The van der Waals surface area contributed by atoms with E-state index in [0.717, 1.165) is 16.7 Å². The maximum Gasteiger partial charge on any atom is 0.434 e. The number of hydrogen-bond donors (Lipinski definition) is 0. The van der Waals surface area contributed by atoms with Crippen molar-refractivity contribution in [3.63, 3.8) is 0 Å². The van der Waals surface area contributed by atoms with Crippen molar-refractivity contribution < 1.29 is 22.7 Å². The summed E-state index contributed by atoms with van der Waals surface area (Å²) in [7, 11) is 0. The molecule has 0 N–H and O–H groups in total. The second-order valence-electron chi connectivity index (χ2n) is 3.44. The van der Waals surface area contributed by atoms with Crippen LogP contribution in [0.15, 0.2) is 29.9 Å². The van der Waals surface area contributed by atoms with Gasteiger partial charge in [0, 0.05) is 17.8 Å². The molecule has 100 valence electrons. The van der Waals surface area contributed by atoms with Crippen molar-refractivity contribution >= 4 is 17.3 Å². The summed E-state index contributed by atoms with van der Waals surface area (Å²) >= 11 is 0.790. The molecule has 2 heterocycles. The van der Waals surface area contributed by atoms with E-state index in [1.165, 1.54) is 18.5 Å². The Bertz CT molecular complexity index is 569. The molecule has 0 saturated heterocycles. The van der Waals surface area contributed by atoms with Gasteiger partial charge in [-0.05, 0) is 12.1 Å². The van der Waals surface area contributed by atoms with Crippen LogP contribution in [-0.2, 0) is 17.5 Å². The molecular formula is C11H7F3N2O2S. The van der Waals surface area contributed by atoms with Gasteiger partial charge in [0.1, 0.15) is 11.6 Å². The van der Waals surface area contributed by atoms with E-state index in [2.05, 4.69) is 9.97 Å². The minimum absolute atomic E-state index is 0.0876. The minimum atomic E-state index is -4.48. The SMILES string of the molecule is O=C(OCc1nc(C(F)(F)F)cs1)c1cccnc1. The number of alkyl halides is 3. The average Bonchev–Trinajstić information content (AvgIpc) is 2.86. The number of esters is 1. The van der Waals surface area contributed by atoms with Crippen LogP contribution in [0.3, 0.4) is 0 Å². The summed E-state index contributed by atoms with van der Waals surface area (Å²) in [6.07, 6.45) is -1.68. The molecule has 19 heavy (non-hydrogen) atoms. The van der Waals surface area contributed by atoms with E-state index in [1.54, 1.807) is 6.07 Å². The normalized spacial score (nSPS) is 11.3. The first kappa shape index (κ1) is 13.5. The highest BCUT2D eigenvalue weighted by Crippen LogP contribution is 2.30. The highest BCUT2D eigenvalue weighted by Gasteiger charge is 2.33. The summed E-state index contributed by atoms with van der Waals surface area (Å²) in [6.45, 7) is -0.297. The van der Waals surface area contributed by atoms with Crippen molar-refractivity contribution in [1.82, 2.24) is 9.97 Å². The Labute approximate surface area is 109 Å². The van der Waals surface area contributed by atoms with Crippen molar-refractivity contribution in [2.24, 2.45) is 0 Å². The van der Waals surface area contributed by atoms with Gasteiger partial charge in [-0.2, -0.15) is 13.2 Å². The van der Waals surface area contributed by atoms with Gasteiger partial charge in [0.25, 0.3) is 0 Å². The first-order valence-corrected chi connectivity index (χ1v) is 5.93. The number of aromatic nitrogens is 2. The molecule has 0 bridgehead atoms. The Hall–Kier alpha value is -1.96. The summed E-state index contributed by atoms with van der Waals surface area (Å²) in [4.78, 5) is 18.6. The van der Waals surface area contributed by atoms with Crippen LogP contribution in [0, 0.1) is 0 Å². The molecule has 0 saturated carbocycles. The topological polar surface area (TPSA) is 52.1 Å². The molecule has 0 fully saturated rings. The molecule has 2 rings (SSSR count). The number of carbonyl (C=O) groups is 1. The second-order valence-corrected chi connectivity index (χ2v) is 4.38. The molecule has 0 amide bonds. The highest BCUT2D eigenvalue weighted by atomic mass is 32.1. The van der Waals surface area contributed by atoms with Gasteiger partial charge >= 0.3 is 12.1 Å². The van der Waals surface area contributed by atoms with Gasteiger partial charge < -0.3 is 4.74 Å². The lowest BCUT2D eigenvalue weighted by Gasteiger charge is -2.02. The molecule has 8 heteroatoms. The fourth-order valence-electron chi connectivity index (χ4n) is 1.20. The molecule has 0 aromatic carbocycles. The van der Waals surface area contributed by atoms with Crippen LogP contribution in [0.1, 0.15) is 21.1 Å². The van der Waals surface area contributed by atoms with E-state index >= 15 is 0 Å². The molecular weight excluding hydrogens is 281 g/mol. The third-order valence-corrected chi connectivity index (χ3v) is 2.89. The fraction of sp³-hybridized carbons (Fsp3) is 0.182. The zero-order valence-electron chi connectivity index (χ0n) is 9.35. The number of thiazole rings is 1. The summed E-state index contributed by atoms with van der Waals surface area (Å²) in [5.41, 5.74) is -0.750. The first-order chi connectivity index (χ1) is 8.97. The number of nitrogens with zero attached hydrogens (tertiary/aromatic N) is 2. The molecule has 4 nitrogen and oxygen atoms in total. The van der Waals surface area contributed by atoms with Crippen molar-refractivity contribution in [2.75, 3.05) is 0 Å². The van der Waals surface area contributed by atoms with E-state index in [4.69, 9.17) is 4.74 Å². The predicted octanol–water partition coefficient (Wildman–Crippen LogP) is 2.91. The van der Waals surface area contributed by atoms with Gasteiger partial charge in [-0.15, -0.1) is 11.3 Å². The standard InChI is InChI=1S/C11H7F3N2O2S/c12-11(13,14)8-6-19-9(16-8)5-18-10(17)7-2-1-3-15-4-7/h1-4,6H,5H2. The van der Waals surface area contributed by atoms with Gasteiger partial charge in [-0.3, -0.25) is 4.98 Å². The van der Waals surface area contributed by atoms with Crippen molar-refractivity contribution in [3.8, 4) is 0 Å². The van der Waals surface area contributed by atoms with E-state index in [-0.39, 0.29) is 17.2 Å². The Kier molecular flexibility index (Phi) is 3.79. The average molecular weight is 288 g/mol. The largest absolute Gasteiger partial charge is 0.455 e. The van der Waals surface area contributed by atoms with Gasteiger partial charge in [-0.25, -0.2) is 9.78 Å². The first-order valence-electron chi connectivity index (χ1n) is 5.05. The minimum Gasteiger partial charge on any atom is -0.455 e. The number of rotatable bonds is 3. The highest BCUT2D eigenvalue weighted by molar-refractivity contribution is 7.09. The molecule has 0 unspecified atom stereocenters. The van der Waals surface area contributed by atoms with Crippen LogP contribution in [0.4, 0.5) is 13.2 Å². The number of carbonyl (C=O) groups excluding carboxylic acids is 1. The van der Waals surface area contributed by atoms with Crippen LogP contribution in [0.2, 0.25) is 0 Å². The van der Waals surface area contributed by atoms with E-state index < -0.39 is 17.8 Å². The third-order valence-electron chi connectivity index (χ3n) is 2.07. The molecule has 2 aromatic rings. The second kappa shape index (κ2) is 5.35. The predicted molar refractivity (Wildman–Crippen MR) is 60.5 cm³/mol. The van der Waals surface area contributed by atoms with Crippen LogP contribution in [0.25, 0.3) is 0 Å². The number of ether oxygens (including phenoxy) is 1. The van der Waals surface area contributed by atoms with E-state index in [1.807, 2.05) is 0 Å². The van der Waals surface area contributed by atoms with Crippen molar-refractivity contribution in [3.05, 3.63) is 46.2 Å². The maximum absolute atomic E-state index is 12.3. The van der Waals surface area contributed by atoms with Crippen LogP contribution in [-0.4, -0.2) is 15.9 Å². The number of pyridine rings is 1. The van der Waals surface area contributed by atoms with Gasteiger partial charge in [-0.1, -0.05) is 0 Å². The number of hydrogen-bond acceptors (Lipinski definition) is 5. The quantitative estimate of drug-likeness (QED) is 0.815. The Morgan fingerprint density at radius 1 is 1.42 bits per heavy atom. The van der Waals surface area contributed by atoms with E-state index in [0.29, 0.717) is 0 Å². The van der Waals surface area contributed by atoms with Crippen molar-refractivity contribution in [1.29, 1.82) is 0 Å². The Morgan fingerprint density at radius 2 is 2.21 bits per heavy atom.